The van der Waals surface area contributed by atoms with E-state index in [1.165, 1.54) is 6.07 Å². The molecule has 2 heterocycles. The Labute approximate surface area is 150 Å². The van der Waals surface area contributed by atoms with Crippen molar-refractivity contribution in [3.05, 3.63) is 76.8 Å². The Morgan fingerprint density at radius 2 is 2.08 bits per heavy atom. The lowest BCUT2D eigenvalue weighted by atomic mass is 10.2. The topological polar surface area (TPSA) is 86.1 Å². The van der Waals surface area contributed by atoms with E-state index >= 15 is 0 Å². The number of nitrogens with zero attached hydrogens (tertiary/aromatic N) is 3. The number of hydrogen-bond acceptors (Lipinski definition) is 5. The number of carbonyl (C=O) groups excluding carboxylic acids is 1. The Kier molecular flexibility index (Phi) is 5.38. The van der Waals surface area contributed by atoms with Gasteiger partial charge in [0.2, 0.25) is 5.91 Å². The van der Waals surface area contributed by atoms with Crippen molar-refractivity contribution < 1.29 is 9.53 Å². The van der Waals surface area contributed by atoms with Crippen molar-refractivity contribution in [3.8, 4) is 17.0 Å². The Morgan fingerprint density at radius 3 is 2.85 bits per heavy atom. The van der Waals surface area contributed by atoms with Gasteiger partial charge in [-0.3, -0.25) is 14.6 Å². The number of carbonyl (C=O) groups is 1. The zero-order chi connectivity index (χ0) is 18.4. The standard InChI is InChI=1S/C19H18N4O3/c1-26-16-6-2-4-14(10-16)11-21-18(24)13-23-19(25)8-7-17(22-23)15-5-3-9-20-12-15/h2-10,12H,11,13H2,1H3,(H,21,24). The zero-order valence-corrected chi connectivity index (χ0v) is 14.3. The molecule has 2 aromatic heterocycles. The van der Waals surface area contributed by atoms with Gasteiger partial charge in [0.1, 0.15) is 12.3 Å². The highest BCUT2D eigenvalue weighted by Crippen LogP contribution is 2.13. The van der Waals surface area contributed by atoms with Crippen LogP contribution in [0.2, 0.25) is 0 Å². The van der Waals surface area contributed by atoms with Crippen molar-refractivity contribution in [2.45, 2.75) is 13.1 Å². The van der Waals surface area contributed by atoms with E-state index in [2.05, 4.69) is 15.4 Å². The molecule has 7 nitrogen and oxygen atoms in total. The predicted octanol–water partition coefficient (Wildman–Crippen LogP) is 1.63. The summed E-state index contributed by atoms with van der Waals surface area (Å²) >= 11 is 0. The van der Waals surface area contributed by atoms with Crippen molar-refractivity contribution in [2.24, 2.45) is 0 Å². The third-order valence-corrected chi connectivity index (χ3v) is 3.74. The molecule has 1 aromatic carbocycles. The second-order valence-corrected chi connectivity index (χ2v) is 5.58. The summed E-state index contributed by atoms with van der Waals surface area (Å²) in [6.45, 7) is 0.185. The number of methoxy groups -OCH3 is 1. The third kappa shape index (κ3) is 4.32. The van der Waals surface area contributed by atoms with Crippen LogP contribution in [0.4, 0.5) is 0 Å². The SMILES string of the molecule is COc1cccc(CNC(=O)Cn2nc(-c3cccnc3)ccc2=O)c1. The summed E-state index contributed by atoms with van der Waals surface area (Å²) in [7, 11) is 1.59. The zero-order valence-electron chi connectivity index (χ0n) is 14.3. The number of pyridine rings is 1. The molecule has 0 aliphatic rings. The first-order valence-electron chi connectivity index (χ1n) is 8.04. The van der Waals surface area contributed by atoms with Gasteiger partial charge in [0.05, 0.1) is 12.8 Å². The van der Waals surface area contributed by atoms with Crippen molar-refractivity contribution in [1.82, 2.24) is 20.1 Å². The van der Waals surface area contributed by atoms with Gasteiger partial charge < -0.3 is 10.1 Å². The molecule has 3 aromatic rings. The molecular formula is C19H18N4O3. The van der Waals surface area contributed by atoms with E-state index in [1.54, 1.807) is 31.6 Å². The van der Waals surface area contributed by atoms with Crippen LogP contribution in [0.15, 0.2) is 65.7 Å². The van der Waals surface area contributed by atoms with Gasteiger partial charge in [0.25, 0.3) is 5.56 Å². The van der Waals surface area contributed by atoms with Gasteiger partial charge in [-0.1, -0.05) is 12.1 Å². The fourth-order valence-corrected chi connectivity index (χ4v) is 2.41. The number of ether oxygens (including phenoxy) is 1. The normalized spacial score (nSPS) is 10.3. The molecule has 0 spiro atoms. The van der Waals surface area contributed by atoms with Gasteiger partial charge in [0, 0.05) is 30.6 Å². The average Bonchev–Trinajstić information content (AvgIpc) is 2.69. The molecule has 26 heavy (non-hydrogen) atoms. The lowest BCUT2D eigenvalue weighted by molar-refractivity contribution is -0.122. The molecule has 0 bridgehead atoms. The Bertz CT molecular complexity index is 954. The van der Waals surface area contributed by atoms with E-state index in [-0.39, 0.29) is 18.0 Å². The molecule has 1 amide bonds. The first kappa shape index (κ1) is 17.3. The van der Waals surface area contributed by atoms with Gasteiger partial charge in [-0.2, -0.15) is 5.10 Å². The van der Waals surface area contributed by atoms with Gasteiger partial charge in [-0.25, -0.2) is 4.68 Å². The Morgan fingerprint density at radius 1 is 1.19 bits per heavy atom. The number of amides is 1. The molecule has 3 rings (SSSR count). The van der Waals surface area contributed by atoms with Gasteiger partial charge in [-0.05, 0) is 35.9 Å². The lowest BCUT2D eigenvalue weighted by Crippen LogP contribution is -2.33. The van der Waals surface area contributed by atoms with Crippen molar-refractivity contribution in [1.29, 1.82) is 0 Å². The van der Waals surface area contributed by atoms with Crippen molar-refractivity contribution >= 4 is 5.91 Å². The Balaban J connectivity index is 1.68. The summed E-state index contributed by atoms with van der Waals surface area (Å²) < 4.78 is 6.30. The molecule has 0 fully saturated rings. The number of rotatable bonds is 6. The average molecular weight is 350 g/mol. The molecule has 0 saturated carbocycles. The first-order valence-corrected chi connectivity index (χ1v) is 8.04. The lowest BCUT2D eigenvalue weighted by Gasteiger charge is -2.09. The van der Waals surface area contributed by atoms with Gasteiger partial charge >= 0.3 is 0 Å². The van der Waals surface area contributed by atoms with Crippen LogP contribution in [0.5, 0.6) is 5.75 Å². The van der Waals surface area contributed by atoms with Crippen molar-refractivity contribution in [3.63, 3.8) is 0 Å². The number of nitrogens with one attached hydrogen (secondary N) is 1. The fourth-order valence-electron chi connectivity index (χ4n) is 2.41. The van der Waals surface area contributed by atoms with Crippen LogP contribution in [0.3, 0.4) is 0 Å². The minimum Gasteiger partial charge on any atom is -0.497 e. The fraction of sp³-hybridized carbons (Fsp3) is 0.158. The smallest absolute Gasteiger partial charge is 0.267 e. The molecule has 0 radical (unpaired) electrons. The van der Waals surface area contributed by atoms with Crippen LogP contribution in [-0.4, -0.2) is 27.8 Å². The van der Waals surface area contributed by atoms with Crippen LogP contribution in [0.1, 0.15) is 5.56 Å². The highest BCUT2D eigenvalue weighted by molar-refractivity contribution is 5.75. The maximum Gasteiger partial charge on any atom is 0.267 e. The number of aromatic nitrogens is 3. The summed E-state index contributed by atoms with van der Waals surface area (Å²) in [6.07, 6.45) is 3.31. The first-order chi connectivity index (χ1) is 12.7. The predicted molar refractivity (Wildman–Crippen MR) is 96.6 cm³/mol. The minimum atomic E-state index is -0.339. The maximum atomic E-state index is 12.2. The van der Waals surface area contributed by atoms with Crippen LogP contribution < -0.4 is 15.6 Å². The van der Waals surface area contributed by atoms with Crippen LogP contribution in [0.25, 0.3) is 11.3 Å². The maximum absolute atomic E-state index is 12.2. The Hall–Kier alpha value is -3.48. The van der Waals surface area contributed by atoms with E-state index in [0.29, 0.717) is 12.2 Å². The molecule has 0 unspecified atom stereocenters. The van der Waals surface area contributed by atoms with Crippen LogP contribution >= 0.6 is 0 Å². The third-order valence-electron chi connectivity index (χ3n) is 3.74. The largest absolute Gasteiger partial charge is 0.497 e. The van der Waals surface area contributed by atoms with Crippen LogP contribution in [-0.2, 0) is 17.9 Å². The monoisotopic (exact) mass is 350 g/mol. The van der Waals surface area contributed by atoms with Gasteiger partial charge in [0.15, 0.2) is 0 Å². The summed E-state index contributed by atoms with van der Waals surface area (Å²) in [5, 5.41) is 7.03. The van der Waals surface area contributed by atoms with Crippen LogP contribution in [0, 0.1) is 0 Å². The molecule has 0 aliphatic heterocycles. The summed E-state index contributed by atoms with van der Waals surface area (Å²) in [6, 6.07) is 14.0. The quantitative estimate of drug-likeness (QED) is 0.730. The highest BCUT2D eigenvalue weighted by Gasteiger charge is 2.08. The molecular weight excluding hydrogens is 332 g/mol. The van der Waals surface area contributed by atoms with Gasteiger partial charge in [-0.15, -0.1) is 0 Å². The summed E-state index contributed by atoms with van der Waals surface area (Å²) in [5.41, 5.74) is 1.92. The highest BCUT2D eigenvalue weighted by atomic mass is 16.5. The molecule has 0 aliphatic carbocycles. The summed E-state index contributed by atoms with van der Waals surface area (Å²) in [4.78, 5) is 28.2. The number of benzene rings is 1. The van der Waals surface area contributed by atoms with E-state index in [9.17, 15) is 9.59 Å². The molecule has 0 atom stereocenters. The summed E-state index contributed by atoms with van der Waals surface area (Å²) in [5.74, 6) is 0.421. The second kappa shape index (κ2) is 8.06. The molecule has 132 valence electrons. The molecule has 1 N–H and O–H groups in total. The second-order valence-electron chi connectivity index (χ2n) is 5.58. The molecule has 0 saturated heterocycles. The minimum absolute atomic E-state index is 0.156. The number of hydrogen-bond donors (Lipinski definition) is 1. The molecule has 7 heteroatoms. The van der Waals surface area contributed by atoms with E-state index < -0.39 is 0 Å². The van der Waals surface area contributed by atoms with E-state index in [4.69, 9.17) is 4.74 Å². The van der Waals surface area contributed by atoms with E-state index in [0.717, 1.165) is 21.6 Å². The van der Waals surface area contributed by atoms with Crippen molar-refractivity contribution in [2.75, 3.05) is 7.11 Å². The van der Waals surface area contributed by atoms with E-state index in [1.807, 2.05) is 30.3 Å².